The second-order valence-corrected chi connectivity index (χ2v) is 8.18. The number of nitrogens with zero attached hydrogens (tertiary/aromatic N) is 2. The summed E-state index contributed by atoms with van der Waals surface area (Å²) in [5, 5.41) is 3.34. The zero-order chi connectivity index (χ0) is 23.1. The standard InChI is InChI=1S/C24H21N5O4/c25-20-21(23(32)22(20)31)29-8-7-14-6-5-13(9-15(14)12-29)11-26-19(30)10-18-27-17-4-2-1-3-16(17)24(33)28-18/h1-6,9H,7-8,10-12,25H2,(H,26,30)(H,27,28,33). The Morgan fingerprint density at radius 3 is 2.73 bits per heavy atom. The van der Waals surface area contributed by atoms with Crippen molar-refractivity contribution >= 4 is 28.2 Å². The summed E-state index contributed by atoms with van der Waals surface area (Å²) in [6, 6.07) is 12.9. The molecule has 33 heavy (non-hydrogen) atoms. The molecule has 0 fully saturated rings. The lowest BCUT2D eigenvalue weighted by molar-refractivity contribution is -0.120. The number of benzene rings is 2. The number of amides is 1. The van der Waals surface area contributed by atoms with Crippen LogP contribution in [0.15, 0.2) is 56.8 Å². The van der Waals surface area contributed by atoms with Gasteiger partial charge >= 0.3 is 0 Å². The fraction of sp³-hybridized carbons (Fsp3) is 0.208. The lowest BCUT2D eigenvalue weighted by Gasteiger charge is -2.32. The maximum atomic E-state index is 12.4. The second-order valence-electron chi connectivity index (χ2n) is 8.18. The monoisotopic (exact) mass is 443 g/mol. The molecule has 5 rings (SSSR count). The highest BCUT2D eigenvalue weighted by molar-refractivity contribution is 5.80. The van der Waals surface area contributed by atoms with Gasteiger partial charge in [-0.1, -0.05) is 30.3 Å². The van der Waals surface area contributed by atoms with Gasteiger partial charge in [0, 0.05) is 19.6 Å². The van der Waals surface area contributed by atoms with Gasteiger partial charge in [0.15, 0.2) is 0 Å². The lowest BCUT2D eigenvalue weighted by atomic mass is 9.96. The molecule has 1 aromatic heterocycles. The van der Waals surface area contributed by atoms with Gasteiger partial charge in [-0.3, -0.25) is 19.2 Å². The van der Waals surface area contributed by atoms with Crippen molar-refractivity contribution in [1.82, 2.24) is 15.3 Å². The summed E-state index contributed by atoms with van der Waals surface area (Å²) in [7, 11) is 0. The fourth-order valence-electron chi connectivity index (χ4n) is 4.26. The molecule has 0 aliphatic carbocycles. The Labute approximate surface area is 187 Å². The zero-order valence-electron chi connectivity index (χ0n) is 17.7. The molecule has 4 aromatic rings. The average Bonchev–Trinajstić information content (AvgIpc) is 2.82. The number of anilines is 2. The molecule has 1 amide bonds. The van der Waals surface area contributed by atoms with E-state index in [2.05, 4.69) is 15.3 Å². The Morgan fingerprint density at radius 2 is 1.91 bits per heavy atom. The molecule has 1 aliphatic rings. The first-order valence-electron chi connectivity index (χ1n) is 10.6. The summed E-state index contributed by atoms with van der Waals surface area (Å²) in [5.41, 5.74) is 8.28. The Balaban J connectivity index is 1.25. The number of nitrogens with one attached hydrogen (secondary N) is 2. The van der Waals surface area contributed by atoms with Gasteiger partial charge in [0.25, 0.3) is 16.4 Å². The molecular weight excluding hydrogens is 422 g/mol. The summed E-state index contributed by atoms with van der Waals surface area (Å²) in [5.74, 6) is 0.0483. The van der Waals surface area contributed by atoms with Gasteiger partial charge in [-0.2, -0.15) is 0 Å². The van der Waals surface area contributed by atoms with Gasteiger partial charge in [-0.05, 0) is 35.2 Å². The Kier molecular flexibility index (Phi) is 5.01. The average molecular weight is 443 g/mol. The molecule has 0 saturated heterocycles. The topological polar surface area (TPSA) is 138 Å². The first kappa shape index (κ1) is 20.6. The highest BCUT2D eigenvalue weighted by Gasteiger charge is 2.26. The van der Waals surface area contributed by atoms with E-state index in [9.17, 15) is 19.2 Å². The van der Waals surface area contributed by atoms with E-state index in [1.807, 2.05) is 23.1 Å². The first-order chi connectivity index (χ1) is 15.9. The van der Waals surface area contributed by atoms with Crippen LogP contribution in [0, 0.1) is 0 Å². The predicted molar refractivity (Wildman–Crippen MR) is 125 cm³/mol. The minimum atomic E-state index is -0.616. The number of H-pyrrole nitrogens is 1. The van der Waals surface area contributed by atoms with Crippen molar-refractivity contribution in [3.05, 3.63) is 95.8 Å². The molecule has 0 saturated carbocycles. The highest BCUT2D eigenvalue weighted by Crippen LogP contribution is 2.26. The molecule has 9 heteroatoms. The third kappa shape index (κ3) is 3.78. The van der Waals surface area contributed by atoms with E-state index < -0.39 is 10.9 Å². The lowest BCUT2D eigenvalue weighted by Crippen LogP contribution is -2.44. The predicted octanol–water partition coefficient (Wildman–Crippen LogP) is 0.523. The van der Waals surface area contributed by atoms with Crippen LogP contribution in [0.1, 0.15) is 22.5 Å². The molecule has 9 nitrogen and oxygen atoms in total. The van der Waals surface area contributed by atoms with Crippen LogP contribution >= 0.6 is 0 Å². The van der Waals surface area contributed by atoms with Crippen LogP contribution in [0.3, 0.4) is 0 Å². The van der Waals surface area contributed by atoms with Crippen molar-refractivity contribution in [2.75, 3.05) is 17.2 Å². The first-order valence-corrected chi connectivity index (χ1v) is 10.6. The minimum Gasteiger partial charge on any atom is -0.394 e. The van der Waals surface area contributed by atoms with Gasteiger partial charge in [-0.25, -0.2) is 4.98 Å². The zero-order valence-corrected chi connectivity index (χ0v) is 17.7. The van der Waals surface area contributed by atoms with Crippen LogP contribution in [-0.2, 0) is 30.7 Å². The normalized spacial score (nSPS) is 13.3. The molecular formula is C24H21N5O4. The Bertz CT molecular complexity index is 1530. The maximum absolute atomic E-state index is 12.4. The molecule has 0 atom stereocenters. The van der Waals surface area contributed by atoms with Gasteiger partial charge in [0.1, 0.15) is 17.2 Å². The van der Waals surface area contributed by atoms with Crippen molar-refractivity contribution in [2.24, 2.45) is 0 Å². The van der Waals surface area contributed by atoms with Crippen LogP contribution in [0.2, 0.25) is 0 Å². The van der Waals surface area contributed by atoms with Crippen LogP contribution in [0.5, 0.6) is 0 Å². The van der Waals surface area contributed by atoms with Crippen LogP contribution in [0.25, 0.3) is 10.9 Å². The van der Waals surface area contributed by atoms with Crippen LogP contribution in [-0.4, -0.2) is 22.4 Å². The largest absolute Gasteiger partial charge is 0.394 e. The number of fused-ring (bicyclic) bond motifs is 2. The second kappa shape index (κ2) is 8.01. The van der Waals surface area contributed by atoms with Crippen molar-refractivity contribution < 1.29 is 4.79 Å². The smallest absolute Gasteiger partial charge is 0.258 e. The van der Waals surface area contributed by atoms with E-state index in [-0.39, 0.29) is 23.6 Å². The number of hydrogen-bond acceptors (Lipinski definition) is 7. The number of nitrogens with two attached hydrogens (primary N) is 1. The molecule has 0 unspecified atom stereocenters. The van der Waals surface area contributed by atoms with Crippen LogP contribution < -0.4 is 32.4 Å². The van der Waals surface area contributed by atoms with E-state index >= 15 is 0 Å². The van der Waals surface area contributed by atoms with Crippen molar-refractivity contribution in [2.45, 2.75) is 25.9 Å². The van der Waals surface area contributed by atoms with E-state index in [4.69, 9.17) is 5.73 Å². The van der Waals surface area contributed by atoms with Gasteiger partial charge < -0.3 is 20.9 Å². The number of aromatic amines is 1. The summed E-state index contributed by atoms with van der Waals surface area (Å²) in [6.45, 7) is 1.41. The summed E-state index contributed by atoms with van der Waals surface area (Å²) < 4.78 is 0. The van der Waals surface area contributed by atoms with Crippen molar-refractivity contribution in [3.63, 3.8) is 0 Å². The minimum absolute atomic E-state index is 0.0345. The van der Waals surface area contributed by atoms with Crippen molar-refractivity contribution in [3.8, 4) is 0 Å². The number of nitrogen functional groups attached to an aromatic ring is 1. The third-order valence-electron chi connectivity index (χ3n) is 6.00. The maximum Gasteiger partial charge on any atom is 0.258 e. The molecule has 1 aliphatic heterocycles. The molecule has 166 valence electrons. The molecule has 0 spiro atoms. The summed E-state index contributed by atoms with van der Waals surface area (Å²) >= 11 is 0. The molecule has 0 bridgehead atoms. The SMILES string of the molecule is Nc1c(N2CCc3ccc(CNC(=O)Cc4nc5ccccc5c(=O)[nH]4)cc3C2)c(=O)c1=O. The van der Waals surface area contributed by atoms with Gasteiger partial charge in [0.05, 0.1) is 17.3 Å². The fourth-order valence-corrected chi connectivity index (χ4v) is 4.26. The quantitative estimate of drug-likeness (QED) is 0.382. The summed E-state index contributed by atoms with van der Waals surface area (Å²) in [4.78, 5) is 56.8. The molecule has 3 aromatic carbocycles. The van der Waals surface area contributed by atoms with E-state index in [0.717, 1.165) is 23.1 Å². The number of carbonyl (C=O) groups excluding carboxylic acids is 1. The number of para-hydroxylation sites is 1. The number of carbonyl (C=O) groups is 1. The third-order valence-corrected chi connectivity index (χ3v) is 6.00. The van der Waals surface area contributed by atoms with Crippen LogP contribution in [0.4, 0.5) is 11.4 Å². The Morgan fingerprint density at radius 1 is 1.09 bits per heavy atom. The molecule has 4 N–H and O–H groups in total. The van der Waals surface area contributed by atoms with E-state index in [1.165, 1.54) is 0 Å². The van der Waals surface area contributed by atoms with E-state index in [1.54, 1.807) is 24.3 Å². The van der Waals surface area contributed by atoms with E-state index in [0.29, 0.717) is 42.0 Å². The molecule has 0 radical (unpaired) electrons. The van der Waals surface area contributed by atoms with Crippen molar-refractivity contribution in [1.29, 1.82) is 0 Å². The van der Waals surface area contributed by atoms with Gasteiger partial charge in [0.2, 0.25) is 5.91 Å². The number of hydrogen-bond donors (Lipinski definition) is 3. The summed E-state index contributed by atoms with van der Waals surface area (Å²) in [6.07, 6.45) is 0.698. The number of rotatable bonds is 5. The van der Waals surface area contributed by atoms with Gasteiger partial charge in [-0.15, -0.1) is 0 Å². The highest BCUT2D eigenvalue weighted by atomic mass is 16.2. The molecule has 2 heterocycles. The number of aromatic nitrogens is 2. The Hall–Kier alpha value is -4.27.